The van der Waals surface area contributed by atoms with Crippen LogP contribution in [0.1, 0.15) is 21.6 Å². The number of rotatable bonds is 4. The van der Waals surface area contributed by atoms with Crippen molar-refractivity contribution < 1.29 is 4.79 Å². The van der Waals surface area contributed by atoms with E-state index in [2.05, 4.69) is 15.3 Å². The first-order chi connectivity index (χ1) is 12.4. The number of hydrogen-bond acceptors (Lipinski definition) is 4. The Labute approximate surface area is 147 Å². The Morgan fingerprint density at radius 1 is 1.08 bits per heavy atom. The number of nitrogens with zero attached hydrogens (tertiary/aromatic N) is 1. The summed E-state index contributed by atoms with van der Waals surface area (Å²) in [5.41, 5.74) is 0.513. The molecule has 8 heteroatoms. The van der Waals surface area contributed by atoms with Crippen molar-refractivity contribution >= 4 is 16.9 Å². The van der Waals surface area contributed by atoms with E-state index in [4.69, 9.17) is 0 Å². The molecule has 1 amide bonds. The molecule has 8 nitrogen and oxygen atoms in total. The molecular formula is C18H18N4O4. The van der Waals surface area contributed by atoms with Crippen LogP contribution in [0.5, 0.6) is 0 Å². The van der Waals surface area contributed by atoms with Crippen LogP contribution in [0.2, 0.25) is 0 Å². The molecule has 2 aromatic heterocycles. The van der Waals surface area contributed by atoms with Crippen LogP contribution in [0.3, 0.4) is 0 Å². The van der Waals surface area contributed by atoms with E-state index in [1.165, 1.54) is 4.57 Å². The maximum absolute atomic E-state index is 12.3. The molecule has 3 rings (SSSR count). The maximum Gasteiger partial charge on any atom is 0.316 e. The zero-order valence-corrected chi connectivity index (χ0v) is 14.4. The Morgan fingerprint density at radius 2 is 1.81 bits per heavy atom. The number of amides is 1. The molecule has 0 bridgehead atoms. The summed E-state index contributed by atoms with van der Waals surface area (Å²) in [6.45, 7) is 3.63. The smallest absolute Gasteiger partial charge is 0.316 e. The third-order valence-corrected chi connectivity index (χ3v) is 4.10. The molecule has 0 aliphatic carbocycles. The van der Waals surface area contributed by atoms with Crippen LogP contribution in [-0.4, -0.2) is 27.0 Å². The SMILES string of the molecule is Cc1cc(C)c(C(=O)NCCn2c(=O)c(=O)[nH]c3ccccc32)c(=O)[nH]1. The molecule has 3 N–H and O–H groups in total. The van der Waals surface area contributed by atoms with Crippen molar-refractivity contribution in [2.45, 2.75) is 20.4 Å². The molecule has 0 saturated heterocycles. The molecule has 0 atom stereocenters. The maximum atomic E-state index is 12.3. The fourth-order valence-corrected chi connectivity index (χ4v) is 2.95. The zero-order valence-electron chi connectivity index (χ0n) is 14.4. The molecule has 0 spiro atoms. The fraction of sp³-hybridized carbons (Fsp3) is 0.222. The van der Waals surface area contributed by atoms with Crippen molar-refractivity contribution in [3.8, 4) is 0 Å². The number of pyridine rings is 1. The van der Waals surface area contributed by atoms with Crippen molar-refractivity contribution in [3.63, 3.8) is 0 Å². The number of aryl methyl sites for hydroxylation is 2. The number of carbonyl (C=O) groups excluding carboxylic acids is 1. The van der Waals surface area contributed by atoms with Crippen LogP contribution in [0, 0.1) is 13.8 Å². The van der Waals surface area contributed by atoms with Crippen molar-refractivity contribution in [2.24, 2.45) is 0 Å². The van der Waals surface area contributed by atoms with E-state index in [1.807, 2.05) is 0 Å². The minimum Gasteiger partial charge on any atom is -0.350 e. The Hall–Kier alpha value is -3.42. The second-order valence-corrected chi connectivity index (χ2v) is 6.02. The van der Waals surface area contributed by atoms with Crippen LogP contribution in [0.15, 0.2) is 44.7 Å². The van der Waals surface area contributed by atoms with Crippen molar-refractivity contribution in [2.75, 3.05) is 6.54 Å². The Morgan fingerprint density at radius 3 is 2.54 bits per heavy atom. The molecule has 26 heavy (non-hydrogen) atoms. The van der Waals surface area contributed by atoms with Gasteiger partial charge in [-0.2, -0.15) is 0 Å². The van der Waals surface area contributed by atoms with Gasteiger partial charge in [-0.25, -0.2) is 0 Å². The number of fused-ring (bicyclic) bond motifs is 1. The van der Waals surface area contributed by atoms with Crippen LogP contribution < -0.4 is 22.0 Å². The highest BCUT2D eigenvalue weighted by Gasteiger charge is 2.14. The van der Waals surface area contributed by atoms with Crippen LogP contribution in [-0.2, 0) is 6.54 Å². The number of hydrogen-bond donors (Lipinski definition) is 3. The van der Waals surface area contributed by atoms with E-state index < -0.39 is 22.6 Å². The largest absolute Gasteiger partial charge is 0.350 e. The number of benzene rings is 1. The first-order valence-corrected chi connectivity index (χ1v) is 8.09. The van der Waals surface area contributed by atoms with Crippen molar-refractivity contribution in [3.05, 3.63) is 78.2 Å². The van der Waals surface area contributed by atoms with Gasteiger partial charge in [-0.1, -0.05) is 12.1 Å². The second kappa shape index (κ2) is 6.83. The van der Waals surface area contributed by atoms with Crippen molar-refractivity contribution in [1.29, 1.82) is 0 Å². The third kappa shape index (κ3) is 3.21. The van der Waals surface area contributed by atoms with E-state index in [0.29, 0.717) is 22.3 Å². The average Bonchev–Trinajstić information content (AvgIpc) is 2.57. The molecule has 0 radical (unpaired) electrons. The van der Waals surface area contributed by atoms with Gasteiger partial charge in [0.15, 0.2) is 0 Å². The highest BCUT2D eigenvalue weighted by Crippen LogP contribution is 2.07. The third-order valence-electron chi connectivity index (χ3n) is 4.10. The van der Waals surface area contributed by atoms with Crippen LogP contribution >= 0.6 is 0 Å². The van der Waals surface area contributed by atoms with Gasteiger partial charge in [0.1, 0.15) is 5.56 Å². The van der Waals surface area contributed by atoms with Gasteiger partial charge in [-0.3, -0.25) is 19.2 Å². The lowest BCUT2D eigenvalue weighted by atomic mass is 10.1. The molecule has 0 saturated carbocycles. The average molecular weight is 354 g/mol. The summed E-state index contributed by atoms with van der Waals surface area (Å²) in [6.07, 6.45) is 0. The standard InChI is InChI=1S/C18H18N4O4/c1-10-9-11(2)20-16(24)14(10)15(23)19-7-8-22-13-6-4-3-5-12(13)21-17(25)18(22)26/h3-6,9H,7-8H2,1-2H3,(H,19,23)(H,20,24)(H,21,25). The van der Waals surface area contributed by atoms with Gasteiger partial charge in [0, 0.05) is 18.8 Å². The summed E-state index contributed by atoms with van der Waals surface area (Å²) in [4.78, 5) is 53.3. The van der Waals surface area contributed by atoms with Gasteiger partial charge in [0.05, 0.1) is 11.0 Å². The van der Waals surface area contributed by atoms with Gasteiger partial charge >= 0.3 is 11.1 Å². The van der Waals surface area contributed by atoms with Gasteiger partial charge in [-0.05, 0) is 37.6 Å². The molecule has 0 fully saturated rings. The Balaban J connectivity index is 1.83. The van der Waals surface area contributed by atoms with E-state index in [9.17, 15) is 19.2 Å². The summed E-state index contributed by atoms with van der Waals surface area (Å²) in [7, 11) is 0. The van der Waals surface area contributed by atoms with Crippen molar-refractivity contribution in [1.82, 2.24) is 19.9 Å². The van der Waals surface area contributed by atoms with Gasteiger partial charge in [0.25, 0.3) is 11.5 Å². The number of carbonyl (C=O) groups is 1. The predicted octanol–water partition coefficient (Wildman–Crippen LogP) is 0.425. The Bertz CT molecular complexity index is 1170. The topological polar surface area (TPSA) is 117 Å². The molecule has 0 aliphatic rings. The van der Waals surface area contributed by atoms with Crippen LogP contribution in [0.25, 0.3) is 11.0 Å². The normalized spacial score (nSPS) is 10.8. The molecule has 3 aromatic rings. The highest BCUT2D eigenvalue weighted by molar-refractivity contribution is 5.95. The molecule has 0 unspecified atom stereocenters. The number of aromatic nitrogens is 3. The van der Waals surface area contributed by atoms with E-state index >= 15 is 0 Å². The van der Waals surface area contributed by atoms with Gasteiger partial charge < -0.3 is 19.9 Å². The summed E-state index contributed by atoms with van der Waals surface area (Å²) in [6, 6.07) is 8.63. The van der Waals surface area contributed by atoms with E-state index in [0.717, 1.165) is 0 Å². The Kier molecular flexibility index (Phi) is 4.57. The molecule has 1 aromatic carbocycles. The quantitative estimate of drug-likeness (QED) is 0.589. The van der Waals surface area contributed by atoms with Gasteiger partial charge in [0.2, 0.25) is 0 Å². The minimum atomic E-state index is -0.721. The second-order valence-electron chi connectivity index (χ2n) is 6.02. The summed E-state index contributed by atoms with van der Waals surface area (Å²) in [5.74, 6) is -0.522. The summed E-state index contributed by atoms with van der Waals surface area (Å²) in [5, 5.41) is 2.63. The monoisotopic (exact) mass is 354 g/mol. The highest BCUT2D eigenvalue weighted by atomic mass is 16.2. The first-order valence-electron chi connectivity index (χ1n) is 8.09. The first kappa shape index (κ1) is 17.4. The molecule has 0 aliphatic heterocycles. The minimum absolute atomic E-state index is 0.0405. The lowest BCUT2D eigenvalue weighted by molar-refractivity contribution is 0.0950. The van der Waals surface area contributed by atoms with E-state index in [1.54, 1.807) is 44.2 Å². The number of H-pyrrole nitrogens is 2. The molecule has 2 heterocycles. The summed E-state index contributed by atoms with van der Waals surface area (Å²) < 4.78 is 1.31. The molecular weight excluding hydrogens is 336 g/mol. The lowest BCUT2D eigenvalue weighted by Crippen LogP contribution is -2.39. The number of nitrogens with one attached hydrogen (secondary N) is 3. The number of para-hydroxylation sites is 2. The fourth-order valence-electron chi connectivity index (χ4n) is 2.95. The lowest BCUT2D eigenvalue weighted by Gasteiger charge is -2.11. The van der Waals surface area contributed by atoms with Crippen LogP contribution in [0.4, 0.5) is 0 Å². The predicted molar refractivity (Wildman–Crippen MR) is 97.7 cm³/mol. The van der Waals surface area contributed by atoms with E-state index in [-0.39, 0.29) is 18.7 Å². The van der Waals surface area contributed by atoms with Gasteiger partial charge in [-0.15, -0.1) is 0 Å². The zero-order chi connectivity index (χ0) is 18.8. The molecule has 134 valence electrons. The number of aromatic amines is 2. The summed E-state index contributed by atoms with van der Waals surface area (Å²) >= 11 is 0.